The summed E-state index contributed by atoms with van der Waals surface area (Å²) in [4.78, 5) is 45.1. The molecule has 2 aromatic heterocycles. The number of carbonyl (C=O) groups is 2. The summed E-state index contributed by atoms with van der Waals surface area (Å²) in [5.41, 5.74) is 2.15. The van der Waals surface area contributed by atoms with Crippen LogP contribution in [0.5, 0.6) is 0 Å². The van der Waals surface area contributed by atoms with Gasteiger partial charge in [-0.15, -0.1) is 0 Å². The van der Waals surface area contributed by atoms with Crippen molar-refractivity contribution in [2.75, 3.05) is 26.9 Å². The number of H-pyrrole nitrogens is 1. The van der Waals surface area contributed by atoms with Gasteiger partial charge < -0.3 is 19.2 Å². The number of carbonyl (C=O) groups excluding carboxylic acids is 2. The highest BCUT2D eigenvalue weighted by Crippen LogP contribution is 2.13. The fourth-order valence-electron chi connectivity index (χ4n) is 3.72. The van der Waals surface area contributed by atoms with Gasteiger partial charge in [0.25, 0.3) is 5.56 Å². The van der Waals surface area contributed by atoms with Gasteiger partial charge in [0.05, 0.1) is 26.3 Å². The van der Waals surface area contributed by atoms with Gasteiger partial charge in [0.1, 0.15) is 5.52 Å². The fraction of sp³-hybridized carbons (Fsp3) is 0.286. The van der Waals surface area contributed by atoms with Crippen molar-refractivity contribution in [2.24, 2.45) is 0 Å². The number of hydrogen-bond donors (Lipinski definition) is 1. The number of benzene rings is 1. The lowest BCUT2D eigenvalue weighted by Crippen LogP contribution is -2.57. The van der Waals surface area contributed by atoms with Crippen molar-refractivity contribution < 1.29 is 9.59 Å². The number of nitrogens with one attached hydrogen (secondary N) is 1. The molecule has 3 heterocycles. The van der Waals surface area contributed by atoms with Crippen molar-refractivity contribution in [1.82, 2.24) is 24.1 Å². The molecule has 1 fully saturated rings. The van der Waals surface area contributed by atoms with Crippen molar-refractivity contribution in [1.29, 1.82) is 0 Å². The van der Waals surface area contributed by atoms with Crippen LogP contribution in [0.4, 0.5) is 4.79 Å². The largest absolute Gasteiger partial charge is 0.326 e. The average Bonchev–Trinajstić information content (AvgIpc) is 3.20. The van der Waals surface area contributed by atoms with Gasteiger partial charge in [-0.2, -0.15) is 0 Å². The van der Waals surface area contributed by atoms with Crippen molar-refractivity contribution in [3.8, 4) is 0 Å². The Morgan fingerprint density at radius 3 is 2.66 bits per heavy atom. The molecule has 4 rings (SSSR count). The molecule has 150 valence electrons. The van der Waals surface area contributed by atoms with Crippen molar-refractivity contribution in [2.45, 2.75) is 13.0 Å². The summed E-state index contributed by atoms with van der Waals surface area (Å²) < 4.78 is 1.71. The molecule has 1 N–H and O–H groups in total. The smallest absolute Gasteiger partial charge is 0.322 e. The lowest BCUT2D eigenvalue weighted by Gasteiger charge is -2.40. The number of Topliss-reactive ketones (excluding diaryl/α,β-unsaturated/α-hetero) is 1. The Morgan fingerprint density at radius 2 is 1.86 bits per heavy atom. The van der Waals surface area contributed by atoms with Crippen molar-refractivity contribution >= 4 is 17.3 Å². The van der Waals surface area contributed by atoms with Crippen LogP contribution in [-0.4, -0.2) is 62.8 Å². The Morgan fingerprint density at radius 1 is 1.07 bits per heavy atom. The molecule has 8 nitrogen and oxygen atoms in total. The van der Waals surface area contributed by atoms with Crippen LogP contribution in [0.1, 0.15) is 11.3 Å². The van der Waals surface area contributed by atoms with Crippen LogP contribution in [0.3, 0.4) is 0 Å². The molecule has 8 heteroatoms. The maximum absolute atomic E-state index is 12.7. The minimum Gasteiger partial charge on any atom is -0.326 e. The quantitative estimate of drug-likeness (QED) is 0.689. The molecular weight excluding hydrogens is 370 g/mol. The second-order valence-electron chi connectivity index (χ2n) is 7.36. The van der Waals surface area contributed by atoms with E-state index in [1.54, 1.807) is 45.8 Å². The van der Waals surface area contributed by atoms with Gasteiger partial charge in [-0.1, -0.05) is 30.3 Å². The Kier molecular flexibility index (Phi) is 5.18. The van der Waals surface area contributed by atoms with Gasteiger partial charge in [-0.25, -0.2) is 4.79 Å². The van der Waals surface area contributed by atoms with E-state index in [0.29, 0.717) is 31.1 Å². The molecule has 0 unspecified atom stereocenters. The van der Waals surface area contributed by atoms with Crippen LogP contribution in [0, 0.1) is 0 Å². The molecule has 0 saturated carbocycles. The zero-order valence-electron chi connectivity index (χ0n) is 16.2. The molecular formula is C21H23N5O3. The summed E-state index contributed by atoms with van der Waals surface area (Å²) in [6.45, 7) is 1.64. The van der Waals surface area contributed by atoms with Crippen molar-refractivity contribution in [3.63, 3.8) is 0 Å². The summed E-state index contributed by atoms with van der Waals surface area (Å²) >= 11 is 0. The van der Waals surface area contributed by atoms with Crippen LogP contribution in [-0.2, 0) is 17.8 Å². The summed E-state index contributed by atoms with van der Waals surface area (Å²) in [6, 6.07) is 13.4. The van der Waals surface area contributed by atoms with Gasteiger partial charge >= 0.3 is 6.03 Å². The van der Waals surface area contributed by atoms with E-state index in [4.69, 9.17) is 0 Å². The molecule has 0 atom stereocenters. The van der Waals surface area contributed by atoms with Crippen LogP contribution in [0.15, 0.2) is 59.7 Å². The minimum atomic E-state index is -0.199. The summed E-state index contributed by atoms with van der Waals surface area (Å²) in [6.07, 6.45) is 3.45. The number of hydrogen-bond acceptors (Lipinski definition) is 4. The molecule has 2 amide bonds. The van der Waals surface area contributed by atoms with Gasteiger partial charge in [0.2, 0.25) is 0 Å². The fourth-order valence-corrected chi connectivity index (χ4v) is 3.72. The molecule has 0 radical (unpaired) electrons. The maximum atomic E-state index is 12.7. The molecule has 29 heavy (non-hydrogen) atoms. The van der Waals surface area contributed by atoms with Crippen LogP contribution >= 0.6 is 0 Å². The van der Waals surface area contributed by atoms with E-state index in [9.17, 15) is 14.4 Å². The van der Waals surface area contributed by atoms with Gasteiger partial charge in [-0.05, 0) is 17.7 Å². The number of aromatic nitrogens is 2. The second-order valence-corrected chi connectivity index (χ2v) is 7.36. The van der Waals surface area contributed by atoms with Gasteiger partial charge in [0, 0.05) is 31.7 Å². The first-order chi connectivity index (χ1) is 14.0. The lowest BCUT2D eigenvalue weighted by molar-refractivity contribution is -0.120. The zero-order chi connectivity index (χ0) is 20.4. The predicted molar refractivity (Wildman–Crippen MR) is 108 cm³/mol. The number of ketones is 1. The standard InChI is InChI=1S/C21H23N5O3/c1-23-14-24(12-16-6-3-2-4-7-16)15-25(21(23)29)13-18(27)10-17-11-22-20(28)19-8-5-9-26(17)19/h2-9,11H,10,12-15H2,1H3,(H,22,28). The Balaban J connectivity index is 1.44. The van der Waals surface area contributed by atoms with Crippen LogP contribution in [0.2, 0.25) is 0 Å². The first kappa shape index (κ1) is 18.9. The third kappa shape index (κ3) is 4.07. The highest BCUT2D eigenvalue weighted by atomic mass is 16.2. The van der Waals surface area contributed by atoms with E-state index in [2.05, 4.69) is 9.88 Å². The number of aromatic amines is 1. The molecule has 1 aliphatic heterocycles. The van der Waals surface area contributed by atoms with E-state index in [-0.39, 0.29) is 30.3 Å². The lowest BCUT2D eigenvalue weighted by atomic mass is 10.2. The highest BCUT2D eigenvalue weighted by Gasteiger charge is 2.29. The van der Waals surface area contributed by atoms with Crippen molar-refractivity contribution in [3.05, 3.63) is 76.5 Å². The zero-order valence-corrected chi connectivity index (χ0v) is 16.2. The third-order valence-corrected chi connectivity index (χ3v) is 5.04. The van der Waals surface area contributed by atoms with Gasteiger partial charge in [0.15, 0.2) is 5.78 Å². The third-order valence-electron chi connectivity index (χ3n) is 5.04. The number of rotatable bonds is 6. The summed E-state index contributed by atoms with van der Waals surface area (Å²) in [5, 5.41) is 0. The van der Waals surface area contributed by atoms with E-state index in [1.165, 1.54) is 0 Å². The Labute approximate surface area is 168 Å². The molecule has 1 aromatic carbocycles. The SMILES string of the molecule is CN1CN(Cc2ccccc2)CN(CC(=O)Cc2c[nH]c(=O)c3cccn23)C1=O. The number of nitrogens with zero attached hydrogens (tertiary/aromatic N) is 4. The monoisotopic (exact) mass is 393 g/mol. The number of urea groups is 1. The normalized spacial score (nSPS) is 15.3. The Hall–Kier alpha value is -3.39. The molecule has 1 aliphatic rings. The van der Waals surface area contributed by atoms with E-state index >= 15 is 0 Å². The molecule has 3 aromatic rings. The molecule has 0 spiro atoms. The average molecular weight is 393 g/mol. The van der Waals surface area contributed by atoms with E-state index in [1.807, 2.05) is 30.3 Å². The van der Waals surface area contributed by atoms with Gasteiger partial charge in [-0.3, -0.25) is 14.5 Å². The van der Waals surface area contributed by atoms with E-state index in [0.717, 1.165) is 5.56 Å². The number of fused-ring (bicyclic) bond motifs is 1. The predicted octanol–water partition coefficient (Wildman–Crippen LogP) is 1.52. The second kappa shape index (κ2) is 7.92. The minimum absolute atomic E-state index is 0.0242. The molecule has 0 aliphatic carbocycles. The first-order valence-electron chi connectivity index (χ1n) is 9.47. The summed E-state index contributed by atoms with van der Waals surface area (Å²) in [5.74, 6) is -0.0876. The molecule has 0 bridgehead atoms. The van der Waals surface area contributed by atoms with E-state index < -0.39 is 0 Å². The highest BCUT2D eigenvalue weighted by molar-refractivity contribution is 5.87. The number of amides is 2. The Bertz CT molecular complexity index is 1090. The van der Waals surface area contributed by atoms with Crippen LogP contribution < -0.4 is 5.56 Å². The maximum Gasteiger partial charge on any atom is 0.322 e. The van der Waals surface area contributed by atoms with Crippen LogP contribution in [0.25, 0.3) is 5.52 Å². The summed E-state index contributed by atoms with van der Waals surface area (Å²) in [7, 11) is 1.74. The topological polar surface area (TPSA) is 81.1 Å². The molecule has 1 saturated heterocycles. The first-order valence-corrected chi connectivity index (χ1v) is 9.47.